The Morgan fingerprint density at radius 3 is 2.70 bits per heavy atom. The van der Waals surface area contributed by atoms with Gasteiger partial charge < -0.3 is 19.5 Å². The molecule has 0 amide bonds. The quantitative estimate of drug-likeness (QED) is 0.781. The maximum Gasteiger partial charge on any atom is 0.388 e. The van der Waals surface area contributed by atoms with Gasteiger partial charge in [0, 0.05) is 18.2 Å². The van der Waals surface area contributed by atoms with Gasteiger partial charge in [-0.25, -0.2) is 4.98 Å². The third-order valence-electron chi connectivity index (χ3n) is 2.86. The summed E-state index contributed by atoms with van der Waals surface area (Å²) >= 11 is 3.20. The zero-order valence-corrected chi connectivity index (χ0v) is 13.9. The molecule has 6 nitrogen and oxygen atoms in total. The molecule has 1 heterocycles. The van der Waals surface area contributed by atoms with Crippen molar-refractivity contribution in [2.24, 2.45) is 0 Å². The fourth-order valence-electron chi connectivity index (χ4n) is 1.80. The molecule has 1 aromatic carbocycles. The van der Waals surface area contributed by atoms with Gasteiger partial charge in [-0.1, -0.05) is 0 Å². The summed E-state index contributed by atoms with van der Waals surface area (Å²) in [5.41, 5.74) is 0.835. The van der Waals surface area contributed by atoms with Crippen LogP contribution in [0.25, 0.3) is 0 Å². The summed E-state index contributed by atoms with van der Waals surface area (Å²) < 4.78 is 39.5. The molecule has 0 spiro atoms. The van der Waals surface area contributed by atoms with E-state index in [2.05, 4.69) is 36.0 Å². The minimum absolute atomic E-state index is 0.271. The molecule has 0 aliphatic carbocycles. The van der Waals surface area contributed by atoms with Crippen LogP contribution in [0.15, 0.2) is 29.0 Å². The number of methoxy groups -OCH3 is 2. The van der Waals surface area contributed by atoms with Crippen LogP contribution in [0.3, 0.4) is 0 Å². The third kappa shape index (κ3) is 4.65. The van der Waals surface area contributed by atoms with Crippen molar-refractivity contribution >= 4 is 21.7 Å². The lowest BCUT2D eigenvalue weighted by molar-refractivity contribution is -0.0530. The molecule has 2 rings (SSSR count). The van der Waals surface area contributed by atoms with E-state index in [1.807, 2.05) is 6.07 Å². The first-order valence-electron chi connectivity index (χ1n) is 6.45. The highest BCUT2D eigenvalue weighted by Gasteiger charge is 2.11. The van der Waals surface area contributed by atoms with Crippen molar-refractivity contribution in [3.63, 3.8) is 0 Å². The summed E-state index contributed by atoms with van der Waals surface area (Å²) in [4.78, 5) is 7.82. The monoisotopic (exact) mass is 389 g/mol. The number of hydrogen-bond acceptors (Lipinski definition) is 6. The summed E-state index contributed by atoms with van der Waals surface area (Å²) in [6, 6.07) is 5.36. The Hall–Kier alpha value is -2.16. The predicted octanol–water partition coefficient (Wildman–Crippen LogP) is 3.47. The Bertz CT molecular complexity index is 674. The van der Waals surface area contributed by atoms with Crippen LogP contribution in [0.4, 0.5) is 14.6 Å². The van der Waals surface area contributed by atoms with E-state index in [1.54, 1.807) is 26.4 Å². The largest absolute Gasteiger partial charge is 0.497 e. The van der Waals surface area contributed by atoms with Crippen molar-refractivity contribution in [3.8, 4) is 17.4 Å². The zero-order valence-electron chi connectivity index (χ0n) is 12.3. The molecule has 0 fully saturated rings. The Labute approximate surface area is 139 Å². The second-order valence-electron chi connectivity index (χ2n) is 4.26. The van der Waals surface area contributed by atoms with Gasteiger partial charge in [0.1, 0.15) is 16.1 Å². The number of anilines is 1. The number of ether oxygens (including phenoxy) is 3. The molecule has 0 saturated carbocycles. The van der Waals surface area contributed by atoms with Gasteiger partial charge in [-0.3, -0.25) is 0 Å². The van der Waals surface area contributed by atoms with Crippen molar-refractivity contribution in [3.05, 3.63) is 34.6 Å². The van der Waals surface area contributed by atoms with Gasteiger partial charge in [0.05, 0.1) is 20.4 Å². The van der Waals surface area contributed by atoms with E-state index in [0.29, 0.717) is 22.6 Å². The lowest BCUT2D eigenvalue weighted by atomic mass is 10.2. The van der Waals surface area contributed by atoms with Crippen molar-refractivity contribution in [2.45, 2.75) is 13.2 Å². The first kappa shape index (κ1) is 17.2. The Balaban J connectivity index is 2.14. The Morgan fingerprint density at radius 1 is 1.26 bits per heavy atom. The predicted molar refractivity (Wildman–Crippen MR) is 83.2 cm³/mol. The van der Waals surface area contributed by atoms with Gasteiger partial charge >= 0.3 is 6.61 Å². The second kappa shape index (κ2) is 7.91. The topological polar surface area (TPSA) is 65.5 Å². The first-order valence-corrected chi connectivity index (χ1v) is 7.25. The fourth-order valence-corrected chi connectivity index (χ4v) is 2.13. The number of nitrogens with one attached hydrogen (secondary N) is 1. The SMILES string of the molecule is COc1ccc(CNc2nc(OC(F)F)cnc2Br)c(OC)c1. The number of halogens is 3. The summed E-state index contributed by atoms with van der Waals surface area (Å²) in [6.07, 6.45) is 1.11. The van der Waals surface area contributed by atoms with Crippen LogP contribution in [0, 0.1) is 0 Å². The second-order valence-corrected chi connectivity index (χ2v) is 5.01. The van der Waals surface area contributed by atoms with Gasteiger partial charge in [-0.2, -0.15) is 13.8 Å². The van der Waals surface area contributed by atoms with E-state index in [0.717, 1.165) is 11.8 Å². The minimum atomic E-state index is -2.96. The highest BCUT2D eigenvalue weighted by Crippen LogP contribution is 2.27. The van der Waals surface area contributed by atoms with Gasteiger partial charge in [-0.15, -0.1) is 0 Å². The van der Waals surface area contributed by atoms with Crippen LogP contribution in [-0.2, 0) is 6.54 Å². The number of benzene rings is 1. The number of rotatable bonds is 7. The third-order valence-corrected chi connectivity index (χ3v) is 3.44. The van der Waals surface area contributed by atoms with E-state index in [-0.39, 0.29) is 11.7 Å². The lowest BCUT2D eigenvalue weighted by Crippen LogP contribution is -2.08. The molecule has 23 heavy (non-hydrogen) atoms. The molecule has 0 atom stereocenters. The number of hydrogen-bond donors (Lipinski definition) is 1. The average Bonchev–Trinajstić information content (AvgIpc) is 2.54. The van der Waals surface area contributed by atoms with Crippen molar-refractivity contribution in [2.75, 3.05) is 19.5 Å². The summed E-state index contributed by atoms with van der Waals surface area (Å²) in [5, 5.41) is 2.99. The average molecular weight is 390 g/mol. The maximum absolute atomic E-state index is 12.2. The molecule has 0 aliphatic heterocycles. The number of aromatic nitrogens is 2. The standard InChI is InChI=1S/C14H14BrF2N3O3/c1-21-9-4-3-8(10(5-9)22-2)6-19-13-12(15)18-7-11(20-13)23-14(16)17/h3-5,7,14H,6H2,1-2H3,(H,19,20). The fraction of sp³-hybridized carbons (Fsp3) is 0.286. The highest BCUT2D eigenvalue weighted by atomic mass is 79.9. The van der Waals surface area contributed by atoms with E-state index >= 15 is 0 Å². The molecule has 0 unspecified atom stereocenters. The zero-order chi connectivity index (χ0) is 16.8. The van der Waals surface area contributed by atoms with E-state index in [9.17, 15) is 8.78 Å². The van der Waals surface area contributed by atoms with Crippen molar-refractivity contribution in [1.29, 1.82) is 0 Å². The van der Waals surface area contributed by atoms with Gasteiger partial charge in [0.2, 0.25) is 5.88 Å². The molecular formula is C14H14BrF2N3O3. The molecule has 0 radical (unpaired) electrons. The Morgan fingerprint density at radius 2 is 2.04 bits per heavy atom. The van der Waals surface area contributed by atoms with Crippen LogP contribution in [0.1, 0.15) is 5.56 Å². The molecule has 1 N–H and O–H groups in total. The maximum atomic E-state index is 12.2. The molecule has 0 aliphatic rings. The highest BCUT2D eigenvalue weighted by molar-refractivity contribution is 9.10. The van der Waals surface area contributed by atoms with Gasteiger partial charge in [0.25, 0.3) is 0 Å². The first-order chi connectivity index (χ1) is 11.0. The molecular weight excluding hydrogens is 376 g/mol. The summed E-state index contributed by atoms with van der Waals surface area (Å²) in [5.74, 6) is 1.30. The van der Waals surface area contributed by atoms with Crippen molar-refractivity contribution in [1.82, 2.24) is 9.97 Å². The Kier molecular flexibility index (Phi) is 5.91. The van der Waals surface area contributed by atoms with Crippen LogP contribution in [0.2, 0.25) is 0 Å². The van der Waals surface area contributed by atoms with Crippen molar-refractivity contribution < 1.29 is 23.0 Å². The summed E-state index contributed by atoms with van der Waals surface area (Å²) in [7, 11) is 3.11. The molecule has 0 bridgehead atoms. The minimum Gasteiger partial charge on any atom is -0.497 e. The lowest BCUT2D eigenvalue weighted by Gasteiger charge is -2.13. The molecule has 124 valence electrons. The van der Waals surface area contributed by atoms with E-state index in [4.69, 9.17) is 9.47 Å². The molecule has 2 aromatic rings. The van der Waals surface area contributed by atoms with Crippen LogP contribution in [0.5, 0.6) is 17.4 Å². The van der Waals surface area contributed by atoms with E-state index in [1.165, 1.54) is 0 Å². The summed E-state index contributed by atoms with van der Waals surface area (Å²) in [6.45, 7) is -2.61. The normalized spacial score (nSPS) is 10.5. The molecule has 9 heteroatoms. The molecule has 0 saturated heterocycles. The van der Waals surface area contributed by atoms with Crippen LogP contribution < -0.4 is 19.5 Å². The van der Waals surface area contributed by atoms with Gasteiger partial charge in [-0.05, 0) is 28.1 Å². The number of alkyl halides is 2. The van der Waals surface area contributed by atoms with Crippen LogP contribution >= 0.6 is 15.9 Å². The number of nitrogens with zero attached hydrogens (tertiary/aromatic N) is 2. The van der Waals surface area contributed by atoms with Crippen LogP contribution in [-0.4, -0.2) is 30.8 Å². The molecule has 1 aromatic heterocycles. The van der Waals surface area contributed by atoms with E-state index < -0.39 is 6.61 Å². The smallest absolute Gasteiger partial charge is 0.388 e. The van der Waals surface area contributed by atoms with Gasteiger partial charge in [0.15, 0.2) is 5.82 Å².